The van der Waals surface area contributed by atoms with Crippen molar-refractivity contribution >= 4 is 38.2 Å². The highest BCUT2D eigenvalue weighted by Crippen LogP contribution is 2.42. The van der Waals surface area contributed by atoms with E-state index in [4.69, 9.17) is 4.74 Å². The first-order valence-electron chi connectivity index (χ1n) is 10.5. The maximum absolute atomic E-state index is 12.8. The molecule has 1 saturated carbocycles. The summed E-state index contributed by atoms with van der Waals surface area (Å²) in [6.07, 6.45) is 6.52. The summed E-state index contributed by atoms with van der Waals surface area (Å²) in [5, 5.41) is 1.27. The number of H-pyrrole nitrogens is 1. The van der Waals surface area contributed by atoms with E-state index in [-0.39, 0.29) is 11.7 Å². The van der Waals surface area contributed by atoms with Crippen molar-refractivity contribution in [1.82, 2.24) is 9.88 Å². The second-order valence-electron chi connectivity index (χ2n) is 8.30. The van der Waals surface area contributed by atoms with Crippen molar-refractivity contribution in [2.45, 2.75) is 12.8 Å². The summed E-state index contributed by atoms with van der Waals surface area (Å²) in [7, 11) is 1.64. The Morgan fingerprint density at radius 3 is 2.93 bits per heavy atom. The molecular weight excluding hydrogens is 440 g/mol. The van der Waals surface area contributed by atoms with Gasteiger partial charge in [-0.3, -0.25) is 9.69 Å². The Balaban J connectivity index is 1.21. The van der Waals surface area contributed by atoms with E-state index in [1.807, 2.05) is 24.3 Å². The van der Waals surface area contributed by atoms with E-state index in [1.165, 1.54) is 22.0 Å². The number of Topliss-reactive ketones (excluding diaryl/α,β-unsaturated/α-hetero) is 1. The number of aromatic nitrogens is 1. The molecule has 0 radical (unpaired) electrons. The van der Waals surface area contributed by atoms with Gasteiger partial charge in [-0.2, -0.15) is 0 Å². The number of nitrogens with zero attached hydrogens (tertiary/aromatic N) is 1. The SMILES string of the molecule is COc1cccc(C(=O)[C@H]2C[C@@H]2CN2CC=C(c3c[nH]c4cccc(Br)c34)CC2)c1. The molecule has 2 aliphatic rings. The number of carbonyl (C=O) groups excluding carboxylic acids is 1. The number of carbonyl (C=O) groups is 1. The van der Waals surface area contributed by atoms with Crippen LogP contribution in [0.15, 0.2) is 59.2 Å². The minimum Gasteiger partial charge on any atom is -0.497 e. The van der Waals surface area contributed by atoms with Crippen LogP contribution in [-0.4, -0.2) is 42.4 Å². The van der Waals surface area contributed by atoms with Crippen molar-refractivity contribution in [2.75, 3.05) is 26.7 Å². The fourth-order valence-corrected chi connectivity index (χ4v) is 5.19. The average molecular weight is 465 g/mol. The Labute approximate surface area is 185 Å². The highest BCUT2D eigenvalue weighted by Gasteiger charge is 2.43. The molecule has 0 unspecified atom stereocenters. The van der Waals surface area contributed by atoms with Gasteiger partial charge in [0.15, 0.2) is 5.78 Å². The second-order valence-corrected chi connectivity index (χ2v) is 9.16. The Bertz CT molecular complexity index is 1130. The van der Waals surface area contributed by atoms with Gasteiger partial charge in [-0.05, 0) is 48.6 Å². The molecule has 1 aromatic heterocycles. The Morgan fingerprint density at radius 2 is 2.13 bits per heavy atom. The Morgan fingerprint density at radius 1 is 1.27 bits per heavy atom. The Kier molecular flexibility index (Phi) is 5.25. The van der Waals surface area contributed by atoms with Gasteiger partial charge in [-0.25, -0.2) is 0 Å². The maximum Gasteiger partial charge on any atom is 0.166 e. The molecule has 1 N–H and O–H groups in total. The van der Waals surface area contributed by atoms with Gasteiger partial charge in [-0.15, -0.1) is 0 Å². The summed E-state index contributed by atoms with van der Waals surface area (Å²) in [6, 6.07) is 13.8. The Hall–Kier alpha value is -2.37. The van der Waals surface area contributed by atoms with E-state index in [9.17, 15) is 4.79 Å². The van der Waals surface area contributed by atoms with Crippen LogP contribution in [-0.2, 0) is 0 Å². The molecule has 0 saturated heterocycles. The highest BCUT2D eigenvalue weighted by molar-refractivity contribution is 9.10. The van der Waals surface area contributed by atoms with Crippen LogP contribution < -0.4 is 4.74 Å². The monoisotopic (exact) mass is 464 g/mol. The molecule has 0 bridgehead atoms. The summed E-state index contributed by atoms with van der Waals surface area (Å²) < 4.78 is 6.39. The molecule has 5 rings (SSSR count). The molecule has 0 amide bonds. The minimum absolute atomic E-state index is 0.159. The number of ketones is 1. The van der Waals surface area contributed by atoms with E-state index in [2.05, 4.69) is 56.3 Å². The van der Waals surface area contributed by atoms with Crippen LogP contribution in [0, 0.1) is 11.8 Å². The van der Waals surface area contributed by atoms with Crippen molar-refractivity contribution in [1.29, 1.82) is 0 Å². The smallest absolute Gasteiger partial charge is 0.166 e. The molecule has 1 aliphatic carbocycles. The molecule has 5 heteroatoms. The maximum atomic E-state index is 12.8. The molecule has 3 aromatic rings. The summed E-state index contributed by atoms with van der Waals surface area (Å²) >= 11 is 3.70. The number of aromatic amines is 1. The average Bonchev–Trinajstić information content (AvgIpc) is 3.40. The third kappa shape index (κ3) is 3.72. The predicted molar refractivity (Wildman–Crippen MR) is 124 cm³/mol. The lowest BCUT2D eigenvalue weighted by atomic mass is 9.98. The summed E-state index contributed by atoms with van der Waals surface area (Å²) in [6.45, 7) is 2.99. The molecule has 2 heterocycles. The van der Waals surface area contributed by atoms with Crippen LogP contribution >= 0.6 is 15.9 Å². The van der Waals surface area contributed by atoms with Crippen LogP contribution in [0.4, 0.5) is 0 Å². The standard InChI is InChI=1S/C25H25BrN2O2/c1-30-19-5-2-4-17(12-19)25(29)20-13-18(20)15-28-10-8-16(9-11-28)21-14-27-23-7-3-6-22(26)24(21)23/h2-8,12,14,18,20,27H,9-11,13,15H2,1H3/t18-,20+/m1/s1. The van der Waals surface area contributed by atoms with Crippen molar-refractivity contribution in [3.63, 3.8) is 0 Å². The highest BCUT2D eigenvalue weighted by atomic mass is 79.9. The van der Waals surface area contributed by atoms with Gasteiger partial charge in [0.05, 0.1) is 7.11 Å². The van der Waals surface area contributed by atoms with Crippen molar-refractivity contribution < 1.29 is 9.53 Å². The predicted octanol–water partition coefficient (Wildman–Crippen LogP) is 5.55. The quantitative estimate of drug-likeness (QED) is 0.486. The molecule has 1 aliphatic heterocycles. The molecule has 2 aromatic carbocycles. The number of halogens is 1. The van der Waals surface area contributed by atoms with Gasteiger partial charge < -0.3 is 9.72 Å². The number of rotatable bonds is 6. The van der Waals surface area contributed by atoms with E-state index in [0.29, 0.717) is 5.92 Å². The normalized spacial score (nSPS) is 21.5. The number of hydrogen-bond acceptors (Lipinski definition) is 3. The lowest BCUT2D eigenvalue weighted by Crippen LogP contribution is -2.31. The number of hydrogen-bond donors (Lipinski definition) is 1. The first-order valence-corrected chi connectivity index (χ1v) is 11.3. The first-order chi connectivity index (χ1) is 14.6. The first kappa shape index (κ1) is 19.6. The van der Waals surface area contributed by atoms with Crippen molar-refractivity contribution in [3.8, 4) is 5.75 Å². The van der Waals surface area contributed by atoms with E-state index in [1.54, 1.807) is 7.11 Å². The summed E-state index contributed by atoms with van der Waals surface area (Å²) in [4.78, 5) is 18.7. The summed E-state index contributed by atoms with van der Waals surface area (Å²) in [5.41, 5.74) is 4.64. The lowest BCUT2D eigenvalue weighted by Gasteiger charge is -2.26. The number of fused-ring (bicyclic) bond motifs is 1. The van der Waals surface area contributed by atoms with Crippen LogP contribution in [0.2, 0.25) is 0 Å². The van der Waals surface area contributed by atoms with Gasteiger partial charge in [0.2, 0.25) is 0 Å². The second kappa shape index (κ2) is 8.05. The minimum atomic E-state index is 0.159. The van der Waals surface area contributed by atoms with Gasteiger partial charge in [0.1, 0.15) is 5.75 Å². The molecular formula is C25H25BrN2O2. The van der Waals surface area contributed by atoms with Gasteiger partial charge in [0, 0.05) is 58.3 Å². The topological polar surface area (TPSA) is 45.3 Å². The molecule has 30 heavy (non-hydrogen) atoms. The van der Waals surface area contributed by atoms with Crippen LogP contribution in [0.3, 0.4) is 0 Å². The van der Waals surface area contributed by atoms with Gasteiger partial charge >= 0.3 is 0 Å². The fraction of sp³-hybridized carbons (Fsp3) is 0.320. The third-order valence-corrected chi connectivity index (χ3v) is 7.06. The van der Waals surface area contributed by atoms with E-state index in [0.717, 1.165) is 48.3 Å². The zero-order valence-electron chi connectivity index (χ0n) is 17.0. The molecule has 154 valence electrons. The third-order valence-electron chi connectivity index (χ3n) is 6.40. The van der Waals surface area contributed by atoms with E-state index >= 15 is 0 Å². The van der Waals surface area contributed by atoms with E-state index < -0.39 is 0 Å². The van der Waals surface area contributed by atoms with Crippen molar-refractivity contribution in [3.05, 3.63) is 70.3 Å². The molecule has 4 nitrogen and oxygen atoms in total. The number of nitrogens with one attached hydrogen (secondary N) is 1. The summed E-state index contributed by atoms with van der Waals surface area (Å²) in [5.74, 6) is 1.64. The van der Waals surface area contributed by atoms with Crippen molar-refractivity contribution in [2.24, 2.45) is 11.8 Å². The zero-order valence-corrected chi connectivity index (χ0v) is 18.6. The van der Waals surface area contributed by atoms with Gasteiger partial charge in [0.25, 0.3) is 0 Å². The van der Waals surface area contributed by atoms with Crippen LogP contribution in [0.5, 0.6) is 5.75 Å². The van der Waals surface area contributed by atoms with Crippen LogP contribution in [0.1, 0.15) is 28.8 Å². The number of ether oxygens (including phenoxy) is 1. The van der Waals surface area contributed by atoms with Crippen LogP contribution in [0.25, 0.3) is 16.5 Å². The zero-order chi connectivity index (χ0) is 20.7. The lowest BCUT2D eigenvalue weighted by molar-refractivity contribution is 0.0957. The number of methoxy groups -OCH3 is 1. The molecule has 2 atom stereocenters. The fourth-order valence-electron chi connectivity index (χ4n) is 4.61. The largest absolute Gasteiger partial charge is 0.497 e. The molecule has 1 fully saturated rings. The van der Waals surface area contributed by atoms with Gasteiger partial charge in [-0.1, -0.05) is 40.2 Å². The molecule has 0 spiro atoms. The number of benzene rings is 2.